The van der Waals surface area contributed by atoms with Crippen LogP contribution < -0.4 is 10.6 Å². The molecule has 2 aliphatic rings. The molecular formula is C18H27N3O2. The van der Waals surface area contributed by atoms with Crippen LogP contribution in [-0.2, 0) is 16.1 Å². The lowest BCUT2D eigenvalue weighted by molar-refractivity contribution is -0.122. The van der Waals surface area contributed by atoms with E-state index in [1.165, 1.54) is 5.56 Å². The van der Waals surface area contributed by atoms with Crippen LogP contribution in [0.2, 0.25) is 0 Å². The van der Waals surface area contributed by atoms with Crippen molar-refractivity contribution in [3.05, 3.63) is 29.8 Å². The minimum atomic E-state index is -0.440. The van der Waals surface area contributed by atoms with E-state index in [1.54, 1.807) is 0 Å². The molecule has 2 heterocycles. The summed E-state index contributed by atoms with van der Waals surface area (Å²) in [7, 11) is 0. The maximum absolute atomic E-state index is 12.5. The Balaban J connectivity index is 1.55. The Morgan fingerprint density at radius 3 is 2.65 bits per heavy atom. The van der Waals surface area contributed by atoms with Gasteiger partial charge in [-0.15, -0.1) is 0 Å². The third-order valence-corrected chi connectivity index (χ3v) is 4.84. The van der Waals surface area contributed by atoms with E-state index >= 15 is 0 Å². The fourth-order valence-electron chi connectivity index (χ4n) is 3.23. The SMILES string of the molecule is CC1(C(=O)Nc2ccc(CN3CCOCC3)cc2)CCCCN1. The van der Waals surface area contributed by atoms with Gasteiger partial charge in [-0.1, -0.05) is 12.1 Å². The van der Waals surface area contributed by atoms with Crippen molar-refractivity contribution in [2.75, 3.05) is 38.2 Å². The summed E-state index contributed by atoms with van der Waals surface area (Å²) < 4.78 is 5.37. The van der Waals surface area contributed by atoms with Crippen molar-refractivity contribution in [3.63, 3.8) is 0 Å². The number of hydrogen-bond acceptors (Lipinski definition) is 4. The van der Waals surface area contributed by atoms with Crippen LogP contribution in [0.4, 0.5) is 5.69 Å². The summed E-state index contributed by atoms with van der Waals surface area (Å²) in [5.41, 5.74) is 1.70. The van der Waals surface area contributed by atoms with Gasteiger partial charge in [-0.3, -0.25) is 9.69 Å². The zero-order valence-corrected chi connectivity index (χ0v) is 13.9. The molecule has 126 valence electrons. The summed E-state index contributed by atoms with van der Waals surface area (Å²) >= 11 is 0. The second-order valence-corrected chi connectivity index (χ2v) is 6.76. The Bertz CT molecular complexity index is 518. The Morgan fingerprint density at radius 1 is 1.26 bits per heavy atom. The molecule has 1 atom stereocenters. The smallest absolute Gasteiger partial charge is 0.244 e. The van der Waals surface area contributed by atoms with Crippen molar-refractivity contribution in [2.45, 2.75) is 38.3 Å². The summed E-state index contributed by atoms with van der Waals surface area (Å²) in [5, 5.41) is 6.40. The van der Waals surface area contributed by atoms with Gasteiger partial charge in [0.15, 0.2) is 0 Å². The van der Waals surface area contributed by atoms with Gasteiger partial charge in [-0.25, -0.2) is 0 Å². The molecule has 1 aromatic rings. The molecule has 0 radical (unpaired) electrons. The molecule has 3 rings (SSSR count). The minimum Gasteiger partial charge on any atom is -0.379 e. The lowest BCUT2D eigenvalue weighted by Gasteiger charge is -2.33. The number of carbonyl (C=O) groups excluding carboxylic acids is 1. The van der Waals surface area contributed by atoms with E-state index in [0.29, 0.717) is 0 Å². The number of benzene rings is 1. The first-order valence-electron chi connectivity index (χ1n) is 8.61. The highest BCUT2D eigenvalue weighted by Crippen LogP contribution is 2.21. The van der Waals surface area contributed by atoms with E-state index in [9.17, 15) is 4.79 Å². The molecule has 23 heavy (non-hydrogen) atoms. The molecule has 2 aliphatic heterocycles. The van der Waals surface area contributed by atoms with Crippen LogP contribution in [0, 0.1) is 0 Å². The van der Waals surface area contributed by atoms with Crippen molar-refractivity contribution in [1.29, 1.82) is 0 Å². The van der Waals surface area contributed by atoms with Crippen LogP contribution in [0.1, 0.15) is 31.7 Å². The molecule has 1 amide bonds. The molecule has 5 heteroatoms. The number of ether oxygens (including phenoxy) is 1. The first kappa shape index (κ1) is 16.4. The molecule has 2 fully saturated rings. The second kappa shape index (κ2) is 7.43. The van der Waals surface area contributed by atoms with Crippen LogP contribution in [0.15, 0.2) is 24.3 Å². The number of morpholine rings is 1. The third-order valence-electron chi connectivity index (χ3n) is 4.84. The summed E-state index contributed by atoms with van der Waals surface area (Å²) in [6.07, 6.45) is 3.16. The van der Waals surface area contributed by atoms with Crippen LogP contribution >= 0.6 is 0 Å². The van der Waals surface area contributed by atoms with Gasteiger partial charge in [0, 0.05) is 25.3 Å². The Kier molecular flexibility index (Phi) is 5.30. The number of anilines is 1. The summed E-state index contributed by atoms with van der Waals surface area (Å²) in [6.45, 7) is 7.47. The lowest BCUT2D eigenvalue weighted by atomic mass is 9.90. The van der Waals surface area contributed by atoms with Crippen molar-refractivity contribution >= 4 is 11.6 Å². The number of nitrogens with one attached hydrogen (secondary N) is 2. The van der Waals surface area contributed by atoms with Crippen molar-refractivity contribution in [2.24, 2.45) is 0 Å². The minimum absolute atomic E-state index is 0.0677. The highest BCUT2D eigenvalue weighted by atomic mass is 16.5. The molecule has 2 saturated heterocycles. The van der Waals surface area contributed by atoms with E-state index in [1.807, 2.05) is 19.1 Å². The quantitative estimate of drug-likeness (QED) is 0.892. The first-order chi connectivity index (χ1) is 11.2. The number of piperidine rings is 1. The third kappa shape index (κ3) is 4.31. The van der Waals surface area contributed by atoms with E-state index in [0.717, 1.165) is 64.3 Å². The number of amides is 1. The predicted molar refractivity (Wildman–Crippen MR) is 91.4 cm³/mol. The normalized spacial score (nSPS) is 26.0. The van der Waals surface area contributed by atoms with Gasteiger partial charge in [-0.2, -0.15) is 0 Å². The van der Waals surface area contributed by atoms with Crippen molar-refractivity contribution < 1.29 is 9.53 Å². The topological polar surface area (TPSA) is 53.6 Å². The Hall–Kier alpha value is -1.43. The van der Waals surface area contributed by atoms with E-state index in [-0.39, 0.29) is 5.91 Å². The number of hydrogen-bond donors (Lipinski definition) is 2. The number of carbonyl (C=O) groups is 1. The number of rotatable bonds is 4. The maximum atomic E-state index is 12.5. The van der Waals surface area contributed by atoms with Crippen LogP contribution in [0.25, 0.3) is 0 Å². The molecule has 5 nitrogen and oxygen atoms in total. The molecule has 0 aromatic heterocycles. The molecule has 0 bridgehead atoms. The molecule has 1 aromatic carbocycles. The predicted octanol–water partition coefficient (Wildman–Crippen LogP) is 1.99. The van der Waals surface area contributed by atoms with Gasteiger partial charge in [0.25, 0.3) is 0 Å². The standard InChI is InChI=1S/C18H27N3O2/c1-18(8-2-3-9-19-18)17(22)20-16-6-4-15(5-7-16)14-21-10-12-23-13-11-21/h4-7,19H,2-3,8-14H2,1H3,(H,20,22). The van der Waals surface area contributed by atoms with E-state index in [4.69, 9.17) is 4.74 Å². The Morgan fingerprint density at radius 2 is 2.00 bits per heavy atom. The average molecular weight is 317 g/mol. The molecule has 1 unspecified atom stereocenters. The van der Waals surface area contributed by atoms with Crippen molar-refractivity contribution in [3.8, 4) is 0 Å². The van der Waals surface area contributed by atoms with E-state index < -0.39 is 5.54 Å². The maximum Gasteiger partial charge on any atom is 0.244 e. The van der Waals surface area contributed by atoms with Gasteiger partial charge in [-0.05, 0) is 50.4 Å². The Labute approximate surface area is 138 Å². The molecular weight excluding hydrogens is 290 g/mol. The average Bonchev–Trinajstić information content (AvgIpc) is 2.58. The highest BCUT2D eigenvalue weighted by molar-refractivity contribution is 5.97. The van der Waals surface area contributed by atoms with Crippen LogP contribution in [-0.4, -0.2) is 49.2 Å². The van der Waals surface area contributed by atoms with Gasteiger partial charge in [0.05, 0.1) is 18.8 Å². The van der Waals surface area contributed by atoms with Gasteiger partial charge < -0.3 is 15.4 Å². The fourth-order valence-corrected chi connectivity index (χ4v) is 3.23. The van der Waals surface area contributed by atoms with E-state index in [2.05, 4.69) is 27.7 Å². The molecule has 0 saturated carbocycles. The first-order valence-corrected chi connectivity index (χ1v) is 8.61. The van der Waals surface area contributed by atoms with Crippen molar-refractivity contribution in [1.82, 2.24) is 10.2 Å². The summed E-state index contributed by atoms with van der Waals surface area (Å²) in [5.74, 6) is 0.0677. The second-order valence-electron chi connectivity index (χ2n) is 6.76. The molecule has 0 spiro atoms. The fraction of sp³-hybridized carbons (Fsp3) is 0.611. The number of nitrogens with zero attached hydrogens (tertiary/aromatic N) is 1. The summed E-state index contributed by atoms with van der Waals surface area (Å²) in [6, 6.07) is 8.20. The van der Waals surface area contributed by atoms with Gasteiger partial charge in [0.2, 0.25) is 5.91 Å². The van der Waals surface area contributed by atoms with Gasteiger partial charge >= 0.3 is 0 Å². The largest absolute Gasteiger partial charge is 0.379 e. The zero-order chi connectivity index (χ0) is 16.1. The lowest BCUT2D eigenvalue weighted by Crippen LogP contribution is -2.54. The van der Waals surface area contributed by atoms with Crippen LogP contribution in [0.3, 0.4) is 0 Å². The van der Waals surface area contributed by atoms with Gasteiger partial charge in [0.1, 0.15) is 0 Å². The highest BCUT2D eigenvalue weighted by Gasteiger charge is 2.34. The zero-order valence-electron chi connectivity index (χ0n) is 13.9. The molecule has 2 N–H and O–H groups in total. The van der Waals surface area contributed by atoms with Crippen LogP contribution in [0.5, 0.6) is 0 Å². The summed E-state index contributed by atoms with van der Waals surface area (Å²) in [4.78, 5) is 14.9. The monoisotopic (exact) mass is 317 g/mol. The molecule has 0 aliphatic carbocycles.